The minimum Gasteiger partial charge on any atom is -0.496 e. The Morgan fingerprint density at radius 2 is 2.20 bits per heavy atom. The molecule has 0 unspecified atom stereocenters. The number of nitrogens with one attached hydrogen (secondary N) is 2. The van der Waals surface area contributed by atoms with Gasteiger partial charge in [0, 0.05) is 23.9 Å². The maximum atomic E-state index is 5.41. The van der Waals surface area contributed by atoms with E-state index in [1.807, 2.05) is 12.1 Å². The van der Waals surface area contributed by atoms with E-state index in [-0.39, 0.29) is 0 Å². The van der Waals surface area contributed by atoms with E-state index in [4.69, 9.17) is 4.74 Å². The van der Waals surface area contributed by atoms with Crippen molar-refractivity contribution in [1.82, 2.24) is 20.7 Å². The molecule has 0 fully saturated rings. The van der Waals surface area contributed by atoms with E-state index < -0.39 is 0 Å². The molecule has 0 aliphatic carbocycles. The predicted molar refractivity (Wildman–Crippen MR) is 79.6 cm³/mol. The van der Waals surface area contributed by atoms with Crippen LogP contribution in [0.3, 0.4) is 0 Å². The van der Waals surface area contributed by atoms with Gasteiger partial charge in [0.15, 0.2) is 0 Å². The summed E-state index contributed by atoms with van der Waals surface area (Å²) < 4.78 is 5.41. The van der Waals surface area contributed by atoms with Crippen molar-refractivity contribution in [3.63, 3.8) is 0 Å². The van der Waals surface area contributed by atoms with Gasteiger partial charge in [-0.1, -0.05) is 25.0 Å². The molecule has 0 amide bonds. The van der Waals surface area contributed by atoms with E-state index in [0.717, 1.165) is 35.7 Å². The lowest BCUT2D eigenvalue weighted by Crippen LogP contribution is -2.15. The van der Waals surface area contributed by atoms with Crippen LogP contribution in [-0.4, -0.2) is 29.1 Å². The molecule has 0 saturated heterocycles. The summed E-state index contributed by atoms with van der Waals surface area (Å²) in [7, 11) is 1.70. The van der Waals surface area contributed by atoms with E-state index in [1.54, 1.807) is 13.3 Å². The van der Waals surface area contributed by atoms with Crippen molar-refractivity contribution in [2.75, 3.05) is 13.7 Å². The highest BCUT2D eigenvalue weighted by atomic mass is 16.5. The first-order valence-corrected chi connectivity index (χ1v) is 7.09. The Morgan fingerprint density at radius 1 is 1.30 bits per heavy atom. The van der Waals surface area contributed by atoms with Gasteiger partial charge in [-0.3, -0.25) is 5.10 Å². The number of methoxy groups -OCH3 is 1. The molecular weight excluding hydrogens is 252 g/mol. The molecule has 1 heterocycles. The van der Waals surface area contributed by atoms with E-state index in [1.165, 1.54) is 19.3 Å². The van der Waals surface area contributed by atoms with E-state index >= 15 is 0 Å². The van der Waals surface area contributed by atoms with Crippen molar-refractivity contribution in [1.29, 1.82) is 0 Å². The fourth-order valence-corrected chi connectivity index (χ4v) is 2.14. The van der Waals surface area contributed by atoms with Gasteiger partial charge < -0.3 is 10.1 Å². The zero-order valence-electron chi connectivity index (χ0n) is 12.1. The summed E-state index contributed by atoms with van der Waals surface area (Å²) in [6.07, 6.45) is 5.51. The Labute approximate surface area is 119 Å². The average Bonchev–Trinajstić information content (AvgIpc) is 3.01. The summed E-state index contributed by atoms with van der Waals surface area (Å²) in [5, 5.41) is 14.0. The molecule has 108 valence electrons. The number of ether oxygens (including phenoxy) is 1. The molecule has 0 atom stereocenters. The Bertz CT molecular complexity index is 511. The van der Waals surface area contributed by atoms with Gasteiger partial charge in [-0.2, -0.15) is 0 Å². The second kappa shape index (κ2) is 7.65. The van der Waals surface area contributed by atoms with Gasteiger partial charge >= 0.3 is 0 Å². The topological polar surface area (TPSA) is 62.8 Å². The van der Waals surface area contributed by atoms with Gasteiger partial charge in [0.2, 0.25) is 0 Å². The standard InChI is InChI=1S/C15H22N4O/c1-3-4-5-8-16-10-13-9-12(6-7-15(13)20-2)14-11-17-19-18-14/h6-7,9,11,16H,3-5,8,10H2,1-2H3,(H,17,18,19). The van der Waals surface area contributed by atoms with Crippen LogP contribution in [0.25, 0.3) is 11.3 Å². The first kappa shape index (κ1) is 14.5. The van der Waals surface area contributed by atoms with Gasteiger partial charge in [0.1, 0.15) is 11.4 Å². The third-order valence-electron chi connectivity index (χ3n) is 3.27. The monoisotopic (exact) mass is 274 g/mol. The number of H-pyrrole nitrogens is 1. The van der Waals surface area contributed by atoms with Crippen molar-refractivity contribution < 1.29 is 4.74 Å². The number of hydrogen-bond acceptors (Lipinski definition) is 4. The lowest BCUT2D eigenvalue weighted by molar-refractivity contribution is 0.407. The molecule has 5 heteroatoms. The highest BCUT2D eigenvalue weighted by Crippen LogP contribution is 2.25. The summed E-state index contributed by atoms with van der Waals surface area (Å²) in [6, 6.07) is 6.08. The second-order valence-corrected chi connectivity index (χ2v) is 4.77. The lowest BCUT2D eigenvalue weighted by atomic mass is 10.1. The van der Waals surface area contributed by atoms with Crippen LogP contribution in [0.5, 0.6) is 5.75 Å². The van der Waals surface area contributed by atoms with Crippen molar-refractivity contribution in [2.45, 2.75) is 32.7 Å². The summed E-state index contributed by atoms with van der Waals surface area (Å²) >= 11 is 0. The highest BCUT2D eigenvalue weighted by Gasteiger charge is 2.07. The first-order chi connectivity index (χ1) is 9.85. The molecule has 0 aliphatic heterocycles. The number of aromatic amines is 1. The zero-order valence-corrected chi connectivity index (χ0v) is 12.1. The maximum Gasteiger partial charge on any atom is 0.123 e. The van der Waals surface area contributed by atoms with Crippen LogP contribution in [0.2, 0.25) is 0 Å². The van der Waals surface area contributed by atoms with Gasteiger partial charge in [0.25, 0.3) is 0 Å². The van der Waals surface area contributed by atoms with Crippen LogP contribution >= 0.6 is 0 Å². The zero-order chi connectivity index (χ0) is 14.2. The average molecular weight is 274 g/mol. The summed E-state index contributed by atoms with van der Waals surface area (Å²) in [6.45, 7) is 4.05. The first-order valence-electron chi connectivity index (χ1n) is 7.09. The van der Waals surface area contributed by atoms with E-state index in [2.05, 4.69) is 33.7 Å². The highest BCUT2D eigenvalue weighted by molar-refractivity contribution is 5.60. The molecule has 0 spiro atoms. The molecule has 2 aromatic rings. The SMILES string of the molecule is CCCCCNCc1cc(-c2c[nH]nn2)ccc1OC. The molecule has 1 aromatic carbocycles. The van der Waals surface area contributed by atoms with Crippen molar-refractivity contribution >= 4 is 0 Å². The molecule has 2 N–H and O–H groups in total. The number of unbranched alkanes of at least 4 members (excludes halogenated alkanes) is 2. The van der Waals surface area contributed by atoms with Crippen LogP contribution in [0, 0.1) is 0 Å². The molecular formula is C15H22N4O. The maximum absolute atomic E-state index is 5.41. The number of benzene rings is 1. The third-order valence-corrected chi connectivity index (χ3v) is 3.27. The Balaban J connectivity index is 2.03. The van der Waals surface area contributed by atoms with Gasteiger partial charge in [-0.05, 0) is 31.2 Å². The van der Waals surface area contributed by atoms with Gasteiger partial charge in [-0.15, -0.1) is 5.10 Å². The molecule has 0 radical (unpaired) electrons. The Morgan fingerprint density at radius 3 is 2.90 bits per heavy atom. The fraction of sp³-hybridized carbons (Fsp3) is 0.467. The minimum absolute atomic E-state index is 0.804. The summed E-state index contributed by atoms with van der Waals surface area (Å²) in [4.78, 5) is 0. The lowest BCUT2D eigenvalue weighted by Gasteiger charge is -2.11. The smallest absolute Gasteiger partial charge is 0.123 e. The number of hydrogen-bond donors (Lipinski definition) is 2. The quantitative estimate of drug-likeness (QED) is 0.727. The Hall–Kier alpha value is -1.88. The largest absolute Gasteiger partial charge is 0.496 e. The fourth-order valence-electron chi connectivity index (χ4n) is 2.14. The van der Waals surface area contributed by atoms with Crippen molar-refractivity contribution in [3.05, 3.63) is 30.0 Å². The van der Waals surface area contributed by atoms with E-state index in [0.29, 0.717) is 0 Å². The summed E-state index contributed by atoms with van der Waals surface area (Å²) in [5.41, 5.74) is 3.04. The number of rotatable bonds is 8. The van der Waals surface area contributed by atoms with Crippen LogP contribution in [0.15, 0.2) is 24.4 Å². The number of nitrogens with zero attached hydrogens (tertiary/aromatic N) is 2. The molecule has 0 saturated carbocycles. The van der Waals surface area contributed by atoms with Crippen LogP contribution in [0.4, 0.5) is 0 Å². The number of aromatic nitrogens is 3. The normalized spacial score (nSPS) is 10.7. The minimum atomic E-state index is 0.804. The van der Waals surface area contributed by atoms with Gasteiger partial charge in [-0.25, -0.2) is 0 Å². The molecule has 1 aromatic heterocycles. The summed E-state index contributed by atoms with van der Waals surface area (Å²) in [5.74, 6) is 0.903. The van der Waals surface area contributed by atoms with Crippen molar-refractivity contribution in [2.24, 2.45) is 0 Å². The van der Waals surface area contributed by atoms with Crippen LogP contribution in [0.1, 0.15) is 31.7 Å². The van der Waals surface area contributed by atoms with Crippen LogP contribution < -0.4 is 10.1 Å². The van der Waals surface area contributed by atoms with Gasteiger partial charge in [0.05, 0.1) is 7.11 Å². The molecule has 2 rings (SSSR count). The molecule has 0 bridgehead atoms. The second-order valence-electron chi connectivity index (χ2n) is 4.77. The van der Waals surface area contributed by atoms with Crippen molar-refractivity contribution in [3.8, 4) is 17.0 Å². The third kappa shape index (κ3) is 3.81. The Kier molecular flexibility index (Phi) is 5.55. The van der Waals surface area contributed by atoms with Crippen LogP contribution in [-0.2, 0) is 6.54 Å². The molecule has 0 aliphatic rings. The molecule has 20 heavy (non-hydrogen) atoms. The molecule has 5 nitrogen and oxygen atoms in total. The predicted octanol–water partition coefficient (Wildman–Crippen LogP) is 2.76. The van der Waals surface area contributed by atoms with E-state index in [9.17, 15) is 0 Å².